The molecule has 0 aliphatic carbocycles. The second-order valence-electron chi connectivity index (χ2n) is 2.24. The van der Waals surface area contributed by atoms with Crippen molar-refractivity contribution in [1.82, 2.24) is 0 Å². The first-order chi connectivity index (χ1) is 5.31. The standard InChI is InChI=1S/C8H16O2S/c1-3-5-6-7-11-8(9)10-4-2/h3-7H2,1-2H3. The van der Waals surface area contributed by atoms with Crippen LogP contribution in [0.1, 0.15) is 33.1 Å². The molecular weight excluding hydrogens is 160 g/mol. The van der Waals surface area contributed by atoms with Crippen LogP contribution in [0.3, 0.4) is 0 Å². The highest BCUT2D eigenvalue weighted by molar-refractivity contribution is 8.13. The smallest absolute Gasteiger partial charge is 0.367 e. The molecule has 0 aliphatic rings. The molecule has 0 radical (unpaired) electrons. The normalized spacial score (nSPS) is 9.64. The Kier molecular flexibility index (Phi) is 7.79. The molecule has 0 unspecified atom stereocenters. The fraction of sp³-hybridized carbons (Fsp3) is 0.875. The lowest BCUT2D eigenvalue weighted by atomic mass is 10.3. The zero-order valence-electron chi connectivity index (χ0n) is 7.26. The third-order valence-corrected chi connectivity index (χ3v) is 2.08. The van der Waals surface area contributed by atoms with Crippen LogP contribution in [0.5, 0.6) is 0 Å². The average molecular weight is 176 g/mol. The molecule has 0 heterocycles. The summed E-state index contributed by atoms with van der Waals surface area (Å²) in [5, 5.41) is -0.136. The summed E-state index contributed by atoms with van der Waals surface area (Å²) in [6, 6.07) is 0. The molecule has 0 aromatic heterocycles. The van der Waals surface area contributed by atoms with Gasteiger partial charge in [0, 0.05) is 5.75 Å². The van der Waals surface area contributed by atoms with Gasteiger partial charge in [-0.25, -0.2) is 4.79 Å². The van der Waals surface area contributed by atoms with Gasteiger partial charge in [-0.3, -0.25) is 0 Å². The Hall–Kier alpha value is -0.180. The molecule has 0 bridgehead atoms. The van der Waals surface area contributed by atoms with Gasteiger partial charge >= 0.3 is 5.30 Å². The summed E-state index contributed by atoms with van der Waals surface area (Å²) in [6.45, 7) is 4.46. The first kappa shape index (κ1) is 10.8. The maximum atomic E-state index is 10.7. The second kappa shape index (κ2) is 7.92. The highest BCUT2D eigenvalue weighted by Crippen LogP contribution is 2.08. The number of thioether (sulfide) groups is 1. The van der Waals surface area contributed by atoms with Crippen LogP contribution >= 0.6 is 11.8 Å². The molecule has 0 atom stereocenters. The zero-order chi connectivity index (χ0) is 8.53. The quantitative estimate of drug-likeness (QED) is 0.475. The van der Waals surface area contributed by atoms with Gasteiger partial charge in [-0.15, -0.1) is 0 Å². The van der Waals surface area contributed by atoms with E-state index in [1.165, 1.54) is 24.6 Å². The van der Waals surface area contributed by atoms with Crippen molar-refractivity contribution in [2.75, 3.05) is 12.4 Å². The lowest BCUT2D eigenvalue weighted by Crippen LogP contribution is -1.97. The average Bonchev–Trinajstić information content (AvgIpc) is 1.99. The molecule has 0 aliphatic heterocycles. The van der Waals surface area contributed by atoms with Crippen LogP contribution in [0.25, 0.3) is 0 Å². The Morgan fingerprint density at radius 1 is 1.36 bits per heavy atom. The van der Waals surface area contributed by atoms with Crippen molar-refractivity contribution < 1.29 is 9.53 Å². The van der Waals surface area contributed by atoms with Gasteiger partial charge in [-0.1, -0.05) is 19.8 Å². The third kappa shape index (κ3) is 7.72. The van der Waals surface area contributed by atoms with Crippen molar-refractivity contribution in [3.63, 3.8) is 0 Å². The molecular formula is C8H16O2S. The van der Waals surface area contributed by atoms with E-state index in [-0.39, 0.29) is 5.30 Å². The van der Waals surface area contributed by atoms with Gasteiger partial charge in [0.15, 0.2) is 0 Å². The molecule has 0 saturated carbocycles. The van der Waals surface area contributed by atoms with Gasteiger partial charge in [0.05, 0.1) is 6.61 Å². The summed E-state index contributed by atoms with van der Waals surface area (Å²) in [7, 11) is 0. The van der Waals surface area contributed by atoms with E-state index in [0.29, 0.717) is 6.61 Å². The van der Waals surface area contributed by atoms with E-state index < -0.39 is 0 Å². The summed E-state index contributed by atoms with van der Waals surface area (Å²) < 4.78 is 4.75. The molecule has 0 rings (SSSR count). The molecule has 0 spiro atoms. The largest absolute Gasteiger partial charge is 0.458 e. The van der Waals surface area contributed by atoms with E-state index in [9.17, 15) is 4.79 Å². The van der Waals surface area contributed by atoms with Crippen LogP contribution in [0.15, 0.2) is 0 Å². The van der Waals surface area contributed by atoms with Crippen molar-refractivity contribution in [3.8, 4) is 0 Å². The zero-order valence-corrected chi connectivity index (χ0v) is 8.08. The van der Waals surface area contributed by atoms with Crippen molar-refractivity contribution in [1.29, 1.82) is 0 Å². The fourth-order valence-corrected chi connectivity index (χ4v) is 1.38. The molecule has 0 saturated heterocycles. The highest BCUT2D eigenvalue weighted by atomic mass is 32.2. The van der Waals surface area contributed by atoms with E-state index in [1.807, 2.05) is 6.92 Å². The SMILES string of the molecule is CCCCCSC(=O)OCC. The lowest BCUT2D eigenvalue weighted by Gasteiger charge is -1.99. The van der Waals surface area contributed by atoms with Crippen molar-refractivity contribution in [2.24, 2.45) is 0 Å². The van der Waals surface area contributed by atoms with E-state index in [2.05, 4.69) is 6.92 Å². The summed E-state index contributed by atoms with van der Waals surface area (Å²) in [5.41, 5.74) is 0. The number of rotatable bonds is 5. The number of hydrogen-bond acceptors (Lipinski definition) is 3. The molecule has 0 N–H and O–H groups in total. The van der Waals surface area contributed by atoms with Gasteiger partial charge in [-0.2, -0.15) is 0 Å². The molecule has 0 amide bonds. The van der Waals surface area contributed by atoms with Crippen molar-refractivity contribution in [3.05, 3.63) is 0 Å². The minimum atomic E-state index is -0.136. The third-order valence-electron chi connectivity index (χ3n) is 1.23. The highest BCUT2D eigenvalue weighted by Gasteiger charge is 1.99. The van der Waals surface area contributed by atoms with Crippen LogP contribution in [-0.4, -0.2) is 17.7 Å². The Balaban J connectivity index is 3.04. The predicted octanol–water partition coefficient (Wildman–Crippen LogP) is 3.07. The summed E-state index contributed by atoms with van der Waals surface area (Å²) in [4.78, 5) is 10.7. The topological polar surface area (TPSA) is 26.3 Å². The minimum absolute atomic E-state index is 0.136. The maximum absolute atomic E-state index is 10.7. The molecule has 0 aromatic carbocycles. The van der Waals surface area contributed by atoms with E-state index in [4.69, 9.17) is 4.74 Å². The van der Waals surface area contributed by atoms with Crippen LogP contribution in [-0.2, 0) is 4.74 Å². The molecule has 66 valence electrons. The van der Waals surface area contributed by atoms with E-state index in [1.54, 1.807) is 0 Å². The van der Waals surface area contributed by atoms with Crippen molar-refractivity contribution >= 4 is 17.1 Å². The van der Waals surface area contributed by atoms with Crippen LogP contribution < -0.4 is 0 Å². The van der Waals surface area contributed by atoms with Crippen LogP contribution in [0.4, 0.5) is 4.79 Å². The summed E-state index contributed by atoms with van der Waals surface area (Å²) >= 11 is 1.28. The second-order valence-corrected chi connectivity index (χ2v) is 3.27. The number of carbonyl (C=O) groups is 1. The van der Waals surface area contributed by atoms with Gasteiger partial charge in [0.25, 0.3) is 0 Å². The fourth-order valence-electron chi connectivity index (χ4n) is 0.667. The molecule has 2 nitrogen and oxygen atoms in total. The predicted molar refractivity (Wildman–Crippen MR) is 49.0 cm³/mol. The molecule has 0 aromatic rings. The molecule has 3 heteroatoms. The van der Waals surface area contributed by atoms with Gasteiger partial charge in [0.1, 0.15) is 0 Å². The van der Waals surface area contributed by atoms with Crippen molar-refractivity contribution in [2.45, 2.75) is 33.1 Å². The van der Waals surface area contributed by atoms with E-state index in [0.717, 1.165) is 12.2 Å². The van der Waals surface area contributed by atoms with Crippen LogP contribution in [0.2, 0.25) is 0 Å². The summed E-state index contributed by atoms with van der Waals surface area (Å²) in [6.07, 6.45) is 3.51. The lowest BCUT2D eigenvalue weighted by molar-refractivity contribution is 0.181. The molecule has 0 fully saturated rings. The Morgan fingerprint density at radius 2 is 2.09 bits per heavy atom. The summed E-state index contributed by atoms with van der Waals surface area (Å²) in [5.74, 6) is 0.896. The van der Waals surface area contributed by atoms with E-state index >= 15 is 0 Å². The van der Waals surface area contributed by atoms with Gasteiger partial charge in [-0.05, 0) is 25.1 Å². The van der Waals surface area contributed by atoms with Gasteiger partial charge in [0.2, 0.25) is 0 Å². The first-order valence-electron chi connectivity index (χ1n) is 4.10. The molecule has 11 heavy (non-hydrogen) atoms. The number of hydrogen-bond donors (Lipinski definition) is 0. The monoisotopic (exact) mass is 176 g/mol. The Labute approximate surface area is 72.7 Å². The van der Waals surface area contributed by atoms with Gasteiger partial charge < -0.3 is 4.74 Å². The van der Waals surface area contributed by atoms with Crippen LogP contribution in [0, 0.1) is 0 Å². The number of ether oxygens (including phenoxy) is 1. The first-order valence-corrected chi connectivity index (χ1v) is 5.09. The number of unbranched alkanes of at least 4 members (excludes halogenated alkanes) is 2. The maximum Gasteiger partial charge on any atom is 0.367 e. The minimum Gasteiger partial charge on any atom is -0.458 e. The Morgan fingerprint density at radius 3 is 2.64 bits per heavy atom. The number of carbonyl (C=O) groups excluding carboxylic acids is 1. The Bertz CT molecular complexity index is 104.